The summed E-state index contributed by atoms with van der Waals surface area (Å²) in [4.78, 5) is 25.8. The van der Waals surface area contributed by atoms with Crippen molar-refractivity contribution < 1.29 is 9.66 Å². The molecule has 0 radical (unpaired) electrons. The molecule has 12 heteroatoms. The van der Waals surface area contributed by atoms with Crippen LogP contribution in [0.2, 0.25) is 0 Å². The Balaban J connectivity index is 1.56. The van der Waals surface area contributed by atoms with Crippen molar-refractivity contribution in [3.63, 3.8) is 0 Å². The van der Waals surface area contributed by atoms with E-state index in [1.54, 1.807) is 12.1 Å². The molecule has 2 N–H and O–H groups in total. The first kappa shape index (κ1) is 22.6. The number of aromatic nitrogens is 3. The number of hydrogen-bond acceptors (Lipinski definition) is 10. The van der Waals surface area contributed by atoms with Crippen molar-refractivity contribution >= 4 is 51.4 Å². The van der Waals surface area contributed by atoms with Gasteiger partial charge in [0.05, 0.1) is 30.0 Å². The van der Waals surface area contributed by atoms with E-state index in [4.69, 9.17) is 4.74 Å². The van der Waals surface area contributed by atoms with Crippen molar-refractivity contribution in [1.82, 2.24) is 15.0 Å². The largest absolute Gasteiger partial charge is 0.378 e. The summed E-state index contributed by atoms with van der Waals surface area (Å²) in [5, 5.41) is 18.2. The van der Waals surface area contributed by atoms with Crippen LogP contribution in [0.3, 0.4) is 0 Å². The van der Waals surface area contributed by atoms with Gasteiger partial charge in [-0.15, -0.1) is 0 Å². The molecule has 1 aromatic heterocycles. The molecule has 4 rings (SSSR count). The predicted octanol–water partition coefficient (Wildman–Crippen LogP) is 3.88. The van der Waals surface area contributed by atoms with Crippen LogP contribution in [0, 0.1) is 17.0 Å². The van der Waals surface area contributed by atoms with Crippen LogP contribution in [0.4, 0.5) is 29.2 Å². The van der Waals surface area contributed by atoms with Gasteiger partial charge in [0.25, 0.3) is 5.69 Å². The minimum absolute atomic E-state index is 0.0192. The standard InChI is InChI=1S/C21H21BrN8O3/c1-14-2-7-18(17(22)12-14)24-19-25-20(27-21(26-19)29-8-10-33-11-9-29)28-23-13-15-3-5-16(6-4-15)30(31)32/h2-7,12-13H,8-11H2,1H3,(H2,24,25,26,27,28)/b23-13-. The molecule has 2 heterocycles. The highest BCUT2D eigenvalue weighted by Crippen LogP contribution is 2.26. The number of nitro benzene ring substituents is 1. The molecule has 3 aromatic rings. The summed E-state index contributed by atoms with van der Waals surface area (Å²) in [6.07, 6.45) is 1.53. The minimum Gasteiger partial charge on any atom is -0.378 e. The lowest BCUT2D eigenvalue weighted by molar-refractivity contribution is -0.384. The highest BCUT2D eigenvalue weighted by Gasteiger charge is 2.17. The topological polar surface area (TPSA) is 131 Å². The van der Waals surface area contributed by atoms with Gasteiger partial charge in [-0.25, -0.2) is 5.43 Å². The van der Waals surface area contributed by atoms with Gasteiger partial charge in [-0.3, -0.25) is 10.1 Å². The normalized spacial score (nSPS) is 13.8. The zero-order valence-corrected chi connectivity index (χ0v) is 19.3. The molecule has 11 nitrogen and oxygen atoms in total. The number of hydrazone groups is 1. The second-order valence-corrected chi connectivity index (χ2v) is 8.06. The van der Waals surface area contributed by atoms with E-state index in [0.29, 0.717) is 43.8 Å². The first-order valence-corrected chi connectivity index (χ1v) is 10.9. The second kappa shape index (κ2) is 10.3. The number of aryl methyl sites for hydroxylation is 1. The molecule has 2 aromatic carbocycles. The van der Waals surface area contributed by atoms with E-state index in [-0.39, 0.29) is 11.6 Å². The lowest BCUT2D eigenvalue weighted by Gasteiger charge is -2.27. The summed E-state index contributed by atoms with van der Waals surface area (Å²) in [7, 11) is 0. The number of non-ortho nitro benzene ring substituents is 1. The molecule has 1 saturated heterocycles. The highest BCUT2D eigenvalue weighted by atomic mass is 79.9. The number of halogens is 1. The van der Waals surface area contributed by atoms with Crippen molar-refractivity contribution in [3.8, 4) is 0 Å². The Kier molecular flexibility index (Phi) is 7.05. The van der Waals surface area contributed by atoms with Gasteiger partial charge in [0, 0.05) is 29.7 Å². The average molecular weight is 513 g/mol. The van der Waals surface area contributed by atoms with Gasteiger partial charge in [0.15, 0.2) is 0 Å². The van der Waals surface area contributed by atoms with Gasteiger partial charge in [-0.2, -0.15) is 20.1 Å². The van der Waals surface area contributed by atoms with E-state index >= 15 is 0 Å². The first-order valence-electron chi connectivity index (χ1n) is 10.1. The summed E-state index contributed by atoms with van der Waals surface area (Å²) in [6, 6.07) is 12.0. The lowest BCUT2D eigenvalue weighted by Crippen LogP contribution is -2.37. The molecule has 0 saturated carbocycles. The van der Waals surface area contributed by atoms with Crippen molar-refractivity contribution in [3.05, 3.63) is 68.2 Å². The summed E-state index contributed by atoms with van der Waals surface area (Å²) >= 11 is 3.56. The fourth-order valence-electron chi connectivity index (χ4n) is 3.06. The van der Waals surface area contributed by atoms with Gasteiger partial charge in [-0.1, -0.05) is 6.07 Å². The van der Waals surface area contributed by atoms with Crippen LogP contribution in [0.15, 0.2) is 52.0 Å². The number of ether oxygens (including phenoxy) is 1. The molecular weight excluding hydrogens is 492 g/mol. The number of benzene rings is 2. The van der Waals surface area contributed by atoms with E-state index < -0.39 is 4.92 Å². The van der Waals surface area contributed by atoms with Gasteiger partial charge in [0.2, 0.25) is 17.8 Å². The third kappa shape index (κ3) is 5.99. The molecule has 0 atom stereocenters. The van der Waals surface area contributed by atoms with Crippen molar-refractivity contribution in [2.75, 3.05) is 41.9 Å². The van der Waals surface area contributed by atoms with Crippen LogP contribution >= 0.6 is 15.9 Å². The lowest BCUT2D eigenvalue weighted by atomic mass is 10.2. The maximum absolute atomic E-state index is 10.8. The van der Waals surface area contributed by atoms with Gasteiger partial charge in [0.1, 0.15) is 0 Å². The van der Waals surface area contributed by atoms with E-state index in [1.165, 1.54) is 18.3 Å². The number of nitrogens with one attached hydrogen (secondary N) is 2. The van der Waals surface area contributed by atoms with Crippen LogP contribution < -0.4 is 15.6 Å². The number of hydrogen-bond donors (Lipinski definition) is 2. The van der Waals surface area contributed by atoms with E-state index in [1.807, 2.05) is 30.0 Å². The zero-order chi connectivity index (χ0) is 23.2. The molecule has 1 aliphatic rings. The van der Waals surface area contributed by atoms with E-state index in [2.05, 4.69) is 46.7 Å². The molecule has 1 aliphatic heterocycles. The van der Waals surface area contributed by atoms with E-state index in [9.17, 15) is 10.1 Å². The molecule has 1 fully saturated rings. The highest BCUT2D eigenvalue weighted by molar-refractivity contribution is 9.10. The summed E-state index contributed by atoms with van der Waals surface area (Å²) in [5.41, 5.74) is 5.48. The third-order valence-electron chi connectivity index (χ3n) is 4.77. The quantitative estimate of drug-likeness (QED) is 0.275. The Morgan fingerprint density at radius 2 is 1.85 bits per heavy atom. The summed E-state index contributed by atoms with van der Waals surface area (Å²) < 4.78 is 6.32. The van der Waals surface area contributed by atoms with Crippen LogP contribution in [0.25, 0.3) is 0 Å². The average Bonchev–Trinajstić information content (AvgIpc) is 2.82. The minimum atomic E-state index is -0.446. The molecule has 0 spiro atoms. The maximum Gasteiger partial charge on any atom is 0.269 e. The predicted molar refractivity (Wildman–Crippen MR) is 129 cm³/mol. The van der Waals surface area contributed by atoms with Crippen molar-refractivity contribution in [1.29, 1.82) is 0 Å². The Bertz CT molecular complexity index is 1170. The Hall–Kier alpha value is -3.64. The van der Waals surface area contributed by atoms with Crippen LogP contribution in [0.5, 0.6) is 0 Å². The van der Waals surface area contributed by atoms with Gasteiger partial charge >= 0.3 is 0 Å². The number of morpholine rings is 1. The van der Waals surface area contributed by atoms with Crippen molar-refractivity contribution in [2.24, 2.45) is 5.10 Å². The monoisotopic (exact) mass is 512 g/mol. The Labute approximate surface area is 198 Å². The second-order valence-electron chi connectivity index (χ2n) is 7.21. The summed E-state index contributed by atoms with van der Waals surface area (Å²) in [5.74, 6) is 1.13. The Morgan fingerprint density at radius 3 is 2.55 bits per heavy atom. The number of rotatable bonds is 7. The third-order valence-corrected chi connectivity index (χ3v) is 5.43. The number of nitro groups is 1. The van der Waals surface area contributed by atoms with Gasteiger partial charge in [-0.05, 0) is 58.2 Å². The molecule has 0 aliphatic carbocycles. The number of anilines is 4. The molecule has 0 unspecified atom stereocenters. The van der Waals surface area contributed by atoms with E-state index in [0.717, 1.165) is 15.7 Å². The molecule has 33 heavy (non-hydrogen) atoms. The first-order chi connectivity index (χ1) is 16.0. The molecular formula is C21H21BrN8O3. The maximum atomic E-state index is 10.8. The fourth-order valence-corrected chi connectivity index (χ4v) is 3.66. The fraction of sp³-hybridized carbons (Fsp3) is 0.238. The number of nitrogens with zero attached hydrogens (tertiary/aromatic N) is 6. The van der Waals surface area contributed by atoms with Gasteiger partial charge < -0.3 is 15.0 Å². The SMILES string of the molecule is Cc1ccc(Nc2nc(N/N=C\c3ccc([N+](=O)[O-])cc3)nc(N3CCOCC3)n2)c(Br)c1. The molecule has 170 valence electrons. The van der Waals surface area contributed by atoms with Crippen LogP contribution in [-0.4, -0.2) is 52.4 Å². The Morgan fingerprint density at radius 1 is 1.12 bits per heavy atom. The van der Waals surface area contributed by atoms with Crippen LogP contribution in [-0.2, 0) is 4.74 Å². The van der Waals surface area contributed by atoms with Crippen LogP contribution in [0.1, 0.15) is 11.1 Å². The zero-order valence-electron chi connectivity index (χ0n) is 17.7. The molecule has 0 bridgehead atoms. The summed E-state index contributed by atoms with van der Waals surface area (Å²) in [6.45, 7) is 4.55. The molecule has 0 amide bonds. The van der Waals surface area contributed by atoms with Crippen molar-refractivity contribution in [2.45, 2.75) is 6.92 Å². The smallest absolute Gasteiger partial charge is 0.269 e.